The second kappa shape index (κ2) is 8.82. The molecule has 1 atom stereocenters. The highest BCUT2D eigenvalue weighted by Crippen LogP contribution is 2.43. The molecule has 168 valence electrons. The predicted molar refractivity (Wildman–Crippen MR) is 127 cm³/mol. The van der Waals surface area contributed by atoms with E-state index < -0.39 is 17.7 Å². The van der Waals surface area contributed by atoms with Gasteiger partial charge < -0.3 is 14.6 Å². The number of amides is 1. The number of aliphatic hydroxyl groups excluding tert-OH is 1. The van der Waals surface area contributed by atoms with Crippen LogP contribution < -0.4 is 14.4 Å². The topological polar surface area (TPSA) is 76.1 Å². The lowest BCUT2D eigenvalue weighted by Crippen LogP contribution is -2.30. The molecule has 3 aromatic rings. The standard InChI is InChI=1S/C27H25NO5/c1-16-7-5-6-8-21(16)28-24(18-9-12-20(32-3)13-10-18)23(26(30)27(28)31)25(29)19-11-14-22(33-4)17(2)15-19/h5-15,24,29H,1-4H3/b25-23-. The van der Waals surface area contributed by atoms with Gasteiger partial charge >= 0.3 is 0 Å². The summed E-state index contributed by atoms with van der Waals surface area (Å²) in [5, 5.41) is 11.3. The summed E-state index contributed by atoms with van der Waals surface area (Å²) in [5.74, 6) is -0.325. The number of rotatable bonds is 5. The normalized spacial score (nSPS) is 17.3. The average Bonchev–Trinajstić information content (AvgIpc) is 3.09. The molecule has 0 saturated carbocycles. The van der Waals surface area contributed by atoms with Crippen molar-refractivity contribution in [2.45, 2.75) is 19.9 Å². The Morgan fingerprint density at radius 3 is 2.18 bits per heavy atom. The fourth-order valence-corrected chi connectivity index (χ4v) is 4.20. The van der Waals surface area contributed by atoms with Gasteiger partial charge in [0, 0.05) is 11.3 Å². The Bertz CT molecular complexity index is 1260. The largest absolute Gasteiger partial charge is 0.507 e. The van der Waals surface area contributed by atoms with E-state index in [-0.39, 0.29) is 11.3 Å². The summed E-state index contributed by atoms with van der Waals surface area (Å²) in [6.07, 6.45) is 0. The van der Waals surface area contributed by atoms with E-state index in [4.69, 9.17) is 9.47 Å². The van der Waals surface area contributed by atoms with E-state index in [0.717, 1.165) is 11.1 Å². The van der Waals surface area contributed by atoms with Crippen molar-refractivity contribution in [3.63, 3.8) is 0 Å². The first-order valence-corrected chi connectivity index (χ1v) is 10.5. The smallest absolute Gasteiger partial charge is 0.300 e. The number of aryl methyl sites for hydroxylation is 2. The van der Waals surface area contributed by atoms with Crippen LogP contribution >= 0.6 is 0 Å². The van der Waals surface area contributed by atoms with Gasteiger partial charge in [-0.2, -0.15) is 0 Å². The highest BCUT2D eigenvalue weighted by molar-refractivity contribution is 6.51. The molecule has 3 aromatic carbocycles. The number of carbonyl (C=O) groups excluding carboxylic acids is 2. The van der Waals surface area contributed by atoms with Crippen LogP contribution in [-0.2, 0) is 9.59 Å². The maximum Gasteiger partial charge on any atom is 0.300 e. The molecule has 1 fully saturated rings. The molecule has 1 amide bonds. The first-order valence-electron chi connectivity index (χ1n) is 10.5. The zero-order chi connectivity index (χ0) is 23.7. The number of para-hydroxylation sites is 1. The minimum absolute atomic E-state index is 0.0398. The van der Waals surface area contributed by atoms with Crippen LogP contribution in [0.3, 0.4) is 0 Å². The highest BCUT2D eigenvalue weighted by atomic mass is 16.5. The maximum absolute atomic E-state index is 13.3. The zero-order valence-corrected chi connectivity index (χ0v) is 19.0. The second-order valence-electron chi connectivity index (χ2n) is 7.91. The van der Waals surface area contributed by atoms with Gasteiger partial charge in [0.1, 0.15) is 17.3 Å². The number of ketones is 1. The van der Waals surface area contributed by atoms with Crippen molar-refractivity contribution in [2.24, 2.45) is 0 Å². The molecular weight excluding hydrogens is 418 g/mol. The van der Waals surface area contributed by atoms with E-state index in [9.17, 15) is 14.7 Å². The lowest BCUT2D eigenvalue weighted by atomic mass is 9.94. The van der Waals surface area contributed by atoms with Crippen LogP contribution in [0.2, 0.25) is 0 Å². The molecule has 33 heavy (non-hydrogen) atoms. The van der Waals surface area contributed by atoms with Gasteiger partial charge in [0.15, 0.2) is 0 Å². The monoisotopic (exact) mass is 443 g/mol. The van der Waals surface area contributed by atoms with Crippen LogP contribution in [0, 0.1) is 13.8 Å². The van der Waals surface area contributed by atoms with Crippen molar-refractivity contribution in [1.29, 1.82) is 0 Å². The van der Waals surface area contributed by atoms with Crippen molar-refractivity contribution in [3.8, 4) is 11.5 Å². The van der Waals surface area contributed by atoms with Crippen LogP contribution in [0.5, 0.6) is 11.5 Å². The van der Waals surface area contributed by atoms with Gasteiger partial charge in [0.05, 0.1) is 25.8 Å². The van der Waals surface area contributed by atoms with Gasteiger partial charge in [0.25, 0.3) is 11.7 Å². The van der Waals surface area contributed by atoms with Gasteiger partial charge in [-0.05, 0) is 66.9 Å². The summed E-state index contributed by atoms with van der Waals surface area (Å²) in [6.45, 7) is 3.73. The number of aliphatic hydroxyl groups is 1. The Labute approximate surface area is 192 Å². The number of nitrogens with zero attached hydrogens (tertiary/aromatic N) is 1. The molecule has 1 aliphatic heterocycles. The maximum atomic E-state index is 13.3. The fraction of sp³-hybridized carbons (Fsp3) is 0.185. The quantitative estimate of drug-likeness (QED) is 0.343. The number of hydrogen-bond donors (Lipinski definition) is 1. The van der Waals surface area contributed by atoms with Crippen LogP contribution in [0.4, 0.5) is 5.69 Å². The summed E-state index contributed by atoms with van der Waals surface area (Å²) in [4.78, 5) is 28.0. The third-order valence-electron chi connectivity index (χ3n) is 5.92. The molecule has 1 saturated heterocycles. The summed E-state index contributed by atoms with van der Waals surface area (Å²) < 4.78 is 10.6. The van der Waals surface area contributed by atoms with E-state index in [2.05, 4.69) is 0 Å². The summed E-state index contributed by atoms with van der Waals surface area (Å²) >= 11 is 0. The first kappa shape index (κ1) is 22.1. The third-order valence-corrected chi connectivity index (χ3v) is 5.92. The number of carbonyl (C=O) groups is 2. The number of benzene rings is 3. The molecule has 0 spiro atoms. The average molecular weight is 443 g/mol. The fourth-order valence-electron chi connectivity index (χ4n) is 4.20. The Morgan fingerprint density at radius 2 is 1.58 bits per heavy atom. The van der Waals surface area contributed by atoms with E-state index >= 15 is 0 Å². The van der Waals surface area contributed by atoms with Crippen LogP contribution in [0.1, 0.15) is 28.3 Å². The van der Waals surface area contributed by atoms with E-state index in [1.54, 1.807) is 62.8 Å². The Kier molecular flexibility index (Phi) is 5.92. The molecule has 0 bridgehead atoms. The van der Waals surface area contributed by atoms with Gasteiger partial charge in [0.2, 0.25) is 0 Å². The molecule has 0 radical (unpaired) electrons. The van der Waals surface area contributed by atoms with E-state index in [1.807, 2.05) is 32.0 Å². The third kappa shape index (κ3) is 3.84. The molecule has 1 aliphatic rings. The molecular formula is C27H25NO5. The van der Waals surface area contributed by atoms with Gasteiger partial charge in [-0.1, -0.05) is 30.3 Å². The van der Waals surface area contributed by atoms with Gasteiger partial charge in [-0.3, -0.25) is 14.5 Å². The Balaban J connectivity index is 1.94. The molecule has 6 heteroatoms. The molecule has 4 rings (SSSR count). The molecule has 1 N–H and O–H groups in total. The molecule has 1 unspecified atom stereocenters. The number of anilines is 1. The first-order chi connectivity index (χ1) is 15.9. The lowest BCUT2D eigenvalue weighted by molar-refractivity contribution is -0.132. The number of ether oxygens (including phenoxy) is 2. The zero-order valence-electron chi connectivity index (χ0n) is 19.0. The van der Waals surface area contributed by atoms with Crippen LogP contribution in [0.25, 0.3) is 5.76 Å². The van der Waals surface area contributed by atoms with Gasteiger partial charge in [-0.15, -0.1) is 0 Å². The summed E-state index contributed by atoms with van der Waals surface area (Å²) in [5.41, 5.74) is 3.43. The van der Waals surface area contributed by atoms with E-state index in [1.165, 1.54) is 4.90 Å². The van der Waals surface area contributed by atoms with Crippen molar-refractivity contribution in [2.75, 3.05) is 19.1 Å². The summed E-state index contributed by atoms with van der Waals surface area (Å²) in [6, 6.07) is 18.9. The molecule has 0 aromatic heterocycles. The molecule has 0 aliphatic carbocycles. The van der Waals surface area contributed by atoms with Crippen LogP contribution in [0.15, 0.2) is 72.3 Å². The van der Waals surface area contributed by atoms with Crippen molar-refractivity contribution in [3.05, 3.63) is 94.6 Å². The van der Waals surface area contributed by atoms with Crippen molar-refractivity contribution < 1.29 is 24.2 Å². The minimum atomic E-state index is -0.792. The van der Waals surface area contributed by atoms with Crippen molar-refractivity contribution in [1.82, 2.24) is 0 Å². The lowest BCUT2D eigenvalue weighted by Gasteiger charge is -2.27. The number of hydrogen-bond acceptors (Lipinski definition) is 5. The molecule has 6 nitrogen and oxygen atoms in total. The van der Waals surface area contributed by atoms with E-state index in [0.29, 0.717) is 28.3 Å². The predicted octanol–water partition coefficient (Wildman–Crippen LogP) is 4.95. The SMILES string of the molecule is COc1ccc(C2/C(=C(/O)c3ccc(OC)c(C)c3)C(=O)C(=O)N2c2ccccc2C)cc1. The van der Waals surface area contributed by atoms with Crippen LogP contribution in [-0.4, -0.2) is 31.0 Å². The van der Waals surface area contributed by atoms with Crippen molar-refractivity contribution >= 4 is 23.1 Å². The number of methoxy groups -OCH3 is 2. The minimum Gasteiger partial charge on any atom is -0.507 e. The Hall–Kier alpha value is -4.06. The number of Topliss-reactive ketones (excluding diaryl/α,β-unsaturated/α-hetero) is 1. The highest BCUT2D eigenvalue weighted by Gasteiger charge is 2.47. The molecule has 1 heterocycles. The Morgan fingerprint density at radius 1 is 0.879 bits per heavy atom. The second-order valence-corrected chi connectivity index (χ2v) is 7.91. The van der Waals surface area contributed by atoms with Gasteiger partial charge in [-0.25, -0.2) is 0 Å². The summed E-state index contributed by atoms with van der Waals surface area (Å²) in [7, 11) is 3.14.